The van der Waals surface area contributed by atoms with Crippen LogP contribution in [0.4, 0.5) is 0 Å². The van der Waals surface area contributed by atoms with Gasteiger partial charge in [-0.25, -0.2) is 0 Å². The molecule has 1 aliphatic rings. The first kappa shape index (κ1) is 22.2. The van der Waals surface area contributed by atoms with E-state index in [1.807, 2.05) is 37.3 Å². The van der Waals surface area contributed by atoms with Crippen LogP contribution in [0, 0.1) is 0 Å². The Labute approximate surface area is 181 Å². The molecular weight excluding hydrogens is 396 g/mol. The summed E-state index contributed by atoms with van der Waals surface area (Å²) in [5.41, 5.74) is 2.00. The molecule has 0 saturated heterocycles. The first-order valence-corrected chi connectivity index (χ1v) is 10.4. The van der Waals surface area contributed by atoms with Gasteiger partial charge in [0.1, 0.15) is 6.54 Å². The summed E-state index contributed by atoms with van der Waals surface area (Å²) in [6.45, 7) is 2.97. The maximum Gasteiger partial charge on any atom is 0.326 e. The molecule has 31 heavy (non-hydrogen) atoms. The number of carbonyl (C=O) groups is 4. The number of nitrogens with one attached hydrogen (secondary N) is 1. The number of rotatable bonds is 8. The third kappa shape index (κ3) is 5.36. The first-order valence-electron chi connectivity index (χ1n) is 10.4. The summed E-state index contributed by atoms with van der Waals surface area (Å²) in [6.07, 6.45) is 0.597. The van der Waals surface area contributed by atoms with E-state index in [4.69, 9.17) is 4.74 Å². The highest BCUT2D eigenvalue weighted by Gasteiger charge is 2.33. The van der Waals surface area contributed by atoms with Gasteiger partial charge in [-0.1, -0.05) is 61.9 Å². The van der Waals surface area contributed by atoms with Crippen LogP contribution < -0.4 is 5.32 Å². The Morgan fingerprint density at radius 3 is 2.45 bits per heavy atom. The number of fused-ring (bicyclic) bond motifs is 1. The van der Waals surface area contributed by atoms with Gasteiger partial charge in [0.15, 0.2) is 6.10 Å². The Morgan fingerprint density at radius 2 is 1.74 bits per heavy atom. The van der Waals surface area contributed by atoms with E-state index in [9.17, 15) is 19.2 Å². The Kier molecular flexibility index (Phi) is 7.18. The lowest BCUT2D eigenvalue weighted by atomic mass is 9.98. The Hall–Kier alpha value is -3.48. The summed E-state index contributed by atoms with van der Waals surface area (Å²) in [5, 5.41) is 2.91. The average molecular weight is 422 g/mol. The van der Waals surface area contributed by atoms with Crippen molar-refractivity contribution in [2.45, 2.75) is 45.3 Å². The van der Waals surface area contributed by atoms with Gasteiger partial charge in [0, 0.05) is 5.56 Å². The second-order valence-corrected chi connectivity index (χ2v) is 7.51. The number of amides is 3. The van der Waals surface area contributed by atoms with Gasteiger partial charge < -0.3 is 10.1 Å². The van der Waals surface area contributed by atoms with Crippen molar-refractivity contribution in [1.82, 2.24) is 10.2 Å². The zero-order valence-corrected chi connectivity index (χ0v) is 17.7. The van der Waals surface area contributed by atoms with Crippen molar-refractivity contribution in [2.75, 3.05) is 6.54 Å². The lowest BCUT2D eigenvalue weighted by molar-refractivity contribution is -0.157. The topological polar surface area (TPSA) is 92.8 Å². The van der Waals surface area contributed by atoms with Crippen LogP contribution in [-0.4, -0.2) is 41.2 Å². The molecule has 0 bridgehead atoms. The van der Waals surface area contributed by atoms with E-state index in [2.05, 4.69) is 5.32 Å². The number of benzene rings is 2. The molecular formula is C24H26N2O5. The highest BCUT2D eigenvalue weighted by atomic mass is 16.5. The summed E-state index contributed by atoms with van der Waals surface area (Å²) in [5.74, 6) is -2.24. The molecule has 2 aromatic carbocycles. The van der Waals surface area contributed by atoms with Crippen LogP contribution in [0.2, 0.25) is 0 Å². The number of carbonyl (C=O) groups excluding carboxylic acids is 4. The van der Waals surface area contributed by atoms with Gasteiger partial charge in [0.05, 0.1) is 12.5 Å². The van der Waals surface area contributed by atoms with Crippen LogP contribution in [0.15, 0.2) is 54.6 Å². The number of esters is 1. The van der Waals surface area contributed by atoms with Crippen LogP contribution in [0.5, 0.6) is 0 Å². The number of imide groups is 1. The predicted molar refractivity (Wildman–Crippen MR) is 114 cm³/mol. The van der Waals surface area contributed by atoms with Gasteiger partial charge in [-0.15, -0.1) is 0 Å². The fourth-order valence-electron chi connectivity index (χ4n) is 3.56. The van der Waals surface area contributed by atoms with E-state index in [0.29, 0.717) is 11.1 Å². The summed E-state index contributed by atoms with van der Waals surface area (Å²) in [7, 11) is 0. The molecule has 3 rings (SSSR count). The zero-order chi connectivity index (χ0) is 22.4. The Morgan fingerprint density at radius 1 is 1.06 bits per heavy atom. The quantitative estimate of drug-likeness (QED) is 0.522. The summed E-state index contributed by atoms with van der Waals surface area (Å²) < 4.78 is 5.22. The van der Waals surface area contributed by atoms with Gasteiger partial charge in [0.2, 0.25) is 5.91 Å². The first-order chi connectivity index (χ1) is 14.9. The van der Waals surface area contributed by atoms with Crippen LogP contribution in [-0.2, 0) is 25.5 Å². The molecule has 0 saturated carbocycles. The molecule has 0 aliphatic carbocycles. The molecule has 2 aromatic rings. The number of hydrogen-bond acceptors (Lipinski definition) is 5. The molecule has 1 N–H and O–H groups in total. The Balaban J connectivity index is 1.59. The molecule has 0 radical (unpaired) electrons. The second kappa shape index (κ2) is 10.0. The molecule has 1 heterocycles. The van der Waals surface area contributed by atoms with E-state index in [1.165, 1.54) is 6.92 Å². The van der Waals surface area contributed by atoms with Crippen molar-refractivity contribution in [3.8, 4) is 0 Å². The van der Waals surface area contributed by atoms with E-state index >= 15 is 0 Å². The molecule has 1 aliphatic heterocycles. The summed E-state index contributed by atoms with van der Waals surface area (Å²) >= 11 is 0. The second-order valence-electron chi connectivity index (χ2n) is 7.51. The fraction of sp³-hybridized carbons (Fsp3) is 0.333. The maximum atomic E-state index is 12.6. The third-order valence-corrected chi connectivity index (χ3v) is 5.20. The third-order valence-electron chi connectivity index (χ3n) is 5.20. The van der Waals surface area contributed by atoms with E-state index in [1.54, 1.807) is 24.3 Å². The van der Waals surface area contributed by atoms with Crippen molar-refractivity contribution in [3.05, 3.63) is 71.3 Å². The number of hydrogen-bond donors (Lipinski definition) is 1. The molecule has 0 aromatic heterocycles. The molecule has 7 heteroatoms. The van der Waals surface area contributed by atoms with Gasteiger partial charge >= 0.3 is 5.97 Å². The summed E-state index contributed by atoms with van der Waals surface area (Å²) in [4.78, 5) is 50.7. The lowest BCUT2D eigenvalue weighted by Gasteiger charge is -2.26. The van der Waals surface area contributed by atoms with E-state index in [0.717, 1.165) is 23.3 Å². The summed E-state index contributed by atoms with van der Waals surface area (Å²) in [6, 6.07) is 16.2. The molecule has 7 nitrogen and oxygen atoms in total. The normalized spacial score (nSPS) is 15.1. The SMILES string of the molecule is CCC[C@@H](NC(=O)[C@@H](C)OC(=O)CN1C(=O)Cc2ccccc2C1=O)c1ccccc1. The number of nitrogens with zero attached hydrogens (tertiary/aromatic N) is 1. The van der Waals surface area contributed by atoms with Gasteiger partial charge in [-0.3, -0.25) is 24.1 Å². The van der Waals surface area contributed by atoms with E-state index < -0.39 is 36.3 Å². The van der Waals surface area contributed by atoms with Crippen LogP contribution in [0.25, 0.3) is 0 Å². The lowest BCUT2D eigenvalue weighted by Crippen LogP contribution is -2.46. The molecule has 2 atom stereocenters. The van der Waals surface area contributed by atoms with Crippen LogP contribution >= 0.6 is 0 Å². The largest absolute Gasteiger partial charge is 0.451 e. The standard InChI is InChI=1S/C24H26N2O5/c1-3-9-20(17-10-5-4-6-11-17)25-23(29)16(2)31-22(28)15-26-21(27)14-18-12-7-8-13-19(18)24(26)30/h4-8,10-13,16,20H,3,9,14-15H2,1-2H3,(H,25,29)/t16-,20-/m1/s1. The minimum Gasteiger partial charge on any atom is -0.451 e. The molecule has 0 spiro atoms. The smallest absolute Gasteiger partial charge is 0.326 e. The molecule has 0 fully saturated rings. The van der Waals surface area contributed by atoms with Crippen molar-refractivity contribution in [1.29, 1.82) is 0 Å². The monoisotopic (exact) mass is 422 g/mol. The van der Waals surface area contributed by atoms with Crippen molar-refractivity contribution >= 4 is 23.7 Å². The maximum absolute atomic E-state index is 12.6. The minimum absolute atomic E-state index is 0.0427. The number of ether oxygens (including phenoxy) is 1. The predicted octanol–water partition coefficient (Wildman–Crippen LogP) is 2.80. The van der Waals surface area contributed by atoms with Crippen LogP contribution in [0.1, 0.15) is 54.2 Å². The van der Waals surface area contributed by atoms with Crippen LogP contribution in [0.3, 0.4) is 0 Å². The zero-order valence-electron chi connectivity index (χ0n) is 17.7. The highest BCUT2D eigenvalue weighted by Crippen LogP contribution is 2.20. The highest BCUT2D eigenvalue weighted by molar-refractivity contribution is 6.11. The Bertz CT molecular complexity index is 973. The van der Waals surface area contributed by atoms with Gasteiger partial charge in [-0.05, 0) is 30.5 Å². The average Bonchev–Trinajstić information content (AvgIpc) is 2.76. The molecule has 162 valence electrons. The molecule has 3 amide bonds. The van der Waals surface area contributed by atoms with Gasteiger partial charge in [-0.2, -0.15) is 0 Å². The van der Waals surface area contributed by atoms with E-state index in [-0.39, 0.29) is 12.5 Å². The van der Waals surface area contributed by atoms with Crippen molar-refractivity contribution in [2.24, 2.45) is 0 Å². The molecule has 0 unspecified atom stereocenters. The minimum atomic E-state index is -1.06. The van der Waals surface area contributed by atoms with Crippen molar-refractivity contribution < 1.29 is 23.9 Å². The van der Waals surface area contributed by atoms with Crippen molar-refractivity contribution in [3.63, 3.8) is 0 Å². The van der Waals surface area contributed by atoms with Gasteiger partial charge in [0.25, 0.3) is 11.8 Å². The fourth-order valence-corrected chi connectivity index (χ4v) is 3.56.